The van der Waals surface area contributed by atoms with Crippen LogP contribution in [-0.4, -0.2) is 14.5 Å². The van der Waals surface area contributed by atoms with E-state index in [0.29, 0.717) is 17.3 Å². The lowest BCUT2D eigenvalue weighted by Gasteiger charge is -2.36. The molecule has 2 unspecified atom stereocenters. The molecule has 0 aliphatic heterocycles. The summed E-state index contributed by atoms with van der Waals surface area (Å²) in [5, 5.41) is 11.0. The molecule has 2 aliphatic carbocycles. The van der Waals surface area contributed by atoms with Crippen molar-refractivity contribution in [2.24, 2.45) is 11.3 Å². The van der Waals surface area contributed by atoms with Crippen molar-refractivity contribution < 1.29 is 5.11 Å². The molecule has 2 saturated carbocycles. The quantitative estimate of drug-likeness (QED) is 0.869. The first-order chi connectivity index (χ1) is 10.5. The zero-order valence-corrected chi connectivity index (χ0v) is 14.4. The summed E-state index contributed by atoms with van der Waals surface area (Å²) in [7, 11) is 0. The molecule has 4 heteroatoms. The van der Waals surface area contributed by atoms with Gasteiger partial charge in [-0.2, -0.15) is 0 Å². The number of aliphatic hydroxyl groups excluding tert-OH is 1. The van der Waals surface area contributed by atoms with E-state index in [2.05, 4.69) is 23.2 Å². The summed E-state index contributed by atoms with van der Waals surface area (Å²) in [4.78, 5) is 6.85. The molecule has 0 saturated heterocycles. The van der Waals surface area contributed by atoms with Crippen molar-refractivity contribution in [1.82, 2.24) is 9.38 Å². The predicted molar refractivity (Wildman–Crippen MR) is 90.4 cm³/mol. The van der Waals surface area contributed by atoms with Gasteiger partial charge in [-0.05, 0) is 49.4 Å². The summed E-state index contributed by atoms with van der Waals surface area (Å²) in [6.07, 6.45) is 12.1. The third-order valence-corrected chi connectivity index (χ3v) is 6.73. The number of imidazole rings is 1. The van der Waals surface area contributed by atoms with Gasteiger partial charge >= 0.3 is 0 Å². The molecule has 22 heavy (non-hydrogen) atoms. The van der Waals surface area contributed by atoms with Gasteiger partial charge in [-0.1, -0.05) is 26.7 Å². The fraction of sp³-hybridized carbons (Fsp3) is 0.722. The van der Waals surface area contributed by atoms with Gasteiger partial charge in [-0.15, -0.1) is 11.3 Å². The summed E-state index contributed by atoms with van der Waals surface area (Å²) in [5.74, 6) is 1.35. The number of thiazole rings is 1. The topological polar surface area (TPSA) is 37.5 Å². The Hall–Kier alpha value is -0.870. The van der Waals surface area contributed by atoms with E-state index in [4.69, 9.17) is 0 Å². The molecule has 3 nitrogen and oxygen atoms in total. The maximum Gasteiger partial charge on any atom is 0.120 e. The monoisotopic (exact) mass is 318 g/mol. The Morgan fingerprint density at radius 3 is 2.95 bits per heavy atom. The van der Waals surface area contributed by atoms with E-state index >= 15 is 0 Å². The highest BCUT2D eigenvalue weighted by molar-refractivity contribution is 7.17. The lowest BCUT2D eigenvalue weighted by atomic mass is 9.70. The zero-order chi connectivity index (χ0) is 15.3. The molecule has 0 radical (unpaired) electrons. The highest BCUT2D eigenvalue weighted by Crippen LogP contribution is 2.48. The molecule has 2 aliphatic rings. The molecular weight excluding hydrogens is 292 g/mol. The standard InChI is InChI=1S/C18H26N2OS/c1-18(2)7-3-4-12(9-18)8-14(21)16-17(13-5-6-13)22-15-10-19-11-20(15)16/h10-14,21H,3-9H2,1-2H3. The first kappa shape index (κ1) is 14.7. The number of hydrogen-bond donors (Lipinski definition) is 1. The Kier molecular flexibility index (Phi) is 3.57. The molecule has 0 bridgehead atoms. The van der Waals surface area contributed by atoms with Gasteiger partial charge in [0.15, 0.2) is 0 Å². The molecule has 0 amide bonds. The SMILES string of the molecule is CC1(C)CCCC(CC(O)c2c(C3CC3)sc3cncn23)C1. The Labute approximate surface area is 136 Å². The summed E-state index contributed by atoms with van der Waals surface area (Å²) in [6.45, 7) is 4.75. The first-order valence-electron chi connectivity index (χ1n) is 8.66. The highest BCUT2D eigenvalue weighted by Gasteiger charge is 2.34. The van der Waals surface area contributed by atoms with Crippen molar-refractivity contribution in [3.05, 3.63) is 23.1 Å². The van der Waals surface area contributed by atoms with Crippen LogP contribution < -0.4 is 0 Å². The molecule has 120 valence electrons. The van der Waals surface area contributed by atoms with E-state index in [1.165, 1.54) is 48.2 Å². The number of aromatic nitrogens is 2. The van der Waals surface area contributed by atoms with E-state index in [1.54, 1.807) is 0 Å². The normalized spacial score (nSPS) is 26.4. The average Bonchev–Trinajstić information content (AvgIpc) is 3.06. The molecule has 2 aromatic rings. The molecule has 0 spiro atoms. The van der Waals surface area contributed by atoms with Crippen LogP contribution in [0.25, 0.3) is 4.83 Å². The Bertz CT molecular complexity index is 668. The fourth-order valence-electron chi connectivity index (χ4n) is 4.27. The van der Waals surface area contributed by atoms with Crippen LogP contribution in [0, 0.1) is 11.3 Å². The zero-order valence-electron chi connectivity index (χ0n) is 13.6. The largest absolute Gasteiger partial charge is 0.387 e. The first-order valence-corrected chi connectivity index (χ1v) is 9.48. The Morgan fingerprint density at radius 2 is 2.23 bits per heavy atom. The molecular formula is C18H26N2OS. The number of fused-ring (bicyclic) bond motifs is 1. The van der Waals surface area contributed by atoms with Crippen LogP contribution in [0.15, 0.2) is 12.5 Å². The Morgan fingerprint density at radius 1 is 1.41 bits per heavy atom. The van der Waals surface area contributed by atoms with Crippen LogP contribution in [0.4, 0.5) is 0 Å². The Balaban J connectivity index is 1.58. The van der Waals surface area contributed by atoms with Crippen molar-refractivity contribution >= 4 is 16.2 Å². The minimum Gasteiger partial charge on any atom is -0.387 e. The van der Waals surface area contributed by atoms with Crippen LogP contribution in [-0.2, 0) is 0 Å². The number of nitrogens with zero attached hydrogens (tertiary/aromatic N) is 2. The second-order valence-corrected chi connectivity index (χ2v) is 9.17. The van der Waals surface area contributed by atoms with Gasteiger partial charge in [-0.25, -0.2) is 4.98 Å². The molecule has 0 aromatic carbocycles. The smallest absolute Gasteiger partial charge is 0.120 e. The second-order valence-electron chi connectivity index (χ2n) is 8.11. The van der Waals surface area contributed by atoms with Crippen molar-refractivity contribution in [2.45, 2.75) is 70.8 Å². The molecule has 4 rings (SSSR count). The summed E-state index contributed by atoms with van der Waals surface area (Å²) >= 11 is 1.83. The number of hydrogen-bond acceptors (Lipinski definition) is 3. The van der Waals surface area contributed by atoms with E-state index < -0.39 is 0 Å². The van der Waals surface area contributed by atoms with E-state index in [1.807, 2.05) is 23.9 Å². The number of aliphatic hydroxyl groups is 1. The maximum absolute atomic E-state index is 11.0. The lowest BCUT2D eigenvalue weighted by molar-refractivity contribution is 0.0955. The molecule has 2 heterocycles. The van der Waals surface area contributed by atoms with Gasteiger partial charge in [-0.3, -0.25) is 4.40 Å². The van der Waals surface area contributed by atoms with Crippen LogP contribution in [0.5, 0.6) is 0 Å². The third-order valence-electron chi connectivity index (χ3n) is 5.46. The van der Waals surface area contributed by atoms with Crippen molar-refractivity contribution in [1.29, 1.82) is 0 Å². The minimum absolute atomic E-state index is 0.336. The van der Waals surface area contributed by atoms with Gasteiger partial charge in [0.1, 0.15) is 11.2 Å². The van der Waals surface area contributed by atoms with Crippen LogP contribution >= 0.6 is 11.3 Å². The van der Waals surface area contributed by atoms with Gasteiger partial charge in [0.25, 0.3) is 0 Å². The lowest BCUT2D eigenvalue weighted by Crippen LogP contribution is -2.24. The fourth-order valence-corrected chi connectivity index (χ4v) is 5.59. The van der Waals surface area contributed by atoms with Crippen molar-refractivity contribution in [2.75, 3.05) is 0 Å². The molecule has 1 N–H and O–H groups in total. The maximum atomic E-state index is 11.0. The van der Waals surface area contributed by atoms with E-state index in [9.17, 15) is 5.11 Å². The van der Waals surface area contributed by atoms with Crippen LogP contribution in [0.2, 0.25) is 0 Å². The van der Waals surface area contributed by atoms with Gasteiger partial charge < -0.3 is 5.11 Å². The van der Waals surface area contributed by atoms with Gasteiger partial charge in [0.05, 0.1) is 18.0 Å². The summed E-state index contributed by atoms with van der Waals surface area (Å²) < 4.78 is 2.14. The average molecular weight is 318 g/mol. The molecule has 2 atom stereocenters. The van der Waals surface area contributed by atoms with Crippen LogP contribution in [0.3, 0.4) is 0 Å². The molecule has 2 aromatic heterocycles. The minimum atomic E-state index is -0.336. The molecule has 2 fully saturated rings. The van der Waals surface area contributed by atoms with E-state index in [0.717, 1.165) is 12.1 Å². The second kappa shape index (κ2) is 5.34. The van der Waals surface area contributed by atoms with E-state index in [-0.39, 0.29) is 6.10 Å². The van der Waals surface area contributed by atoms with Crippen LogP contribution in [0.1, 0.15) is 81.4 Å². The number of rotatable bonds is 4. The van der Waals surface area contributed by atoms with Gasteiger partial charge in [0.2, 0.25) is 0 Å². The van der Waals surface area contributed by atoms with Gasteiger partial charge in [0, 0.05) is 4.88 Å². The van der Waals surface area contributed by atoms with Crippen molar-refractivity contribution in [3.8, 4) is 0 Å². The summed E-state index contributed by atoms with van der Waals surface area (Å²) in [6, 6.07) is 0. The highest BCUT2D eigenvalue weighted by atomic mass is 32.1. The summed E-state index contributed by atoms with van der Waals surface area (Å²) in [5.41, 5.74) is 1.59. The predicted octanol–water partition coefficient (Wildman–Crippen LogP) is 4.91. The van der Waals surface area contributed by atoms with Crippen molar-refractivity contribution in [3.63, 3.8) is 0 Å². The third kappa shape index (κ3) is 2.71.